The van der Waals surface area contributed by atoms with Gasteiger partial charge in [0.2, 0.25) is 11.8 Å². The Morgan fingerprint density at radius 2 is 1.60 bits per heavy atom. The summed E-state index contributed by atoms with van der Waals surface area (Å²) in [7, 11) is 1.65. The maximum Gasteiger partial charge on any atom is 0.228 e. The molecular formula is C30H24N8O2. The van der Waals surface area contributed by atoms with E-state index in [1.165, 1.54) is 0 Å². The van der Waals surface area contributed by atoms with Crippen LogP contribution in [-0.4, -0.2) is 37.2 Å². The third-order valence-corrected chi connectivity index (χ3v) is 6.08. The Labute approximate surface area is 229 Å². The van der Waals surface area contributed by atoms with E-state index >= 15 is 0 Å². The number of rotatable bonds is 8. The molecule has 0 spiro atoms. The van der Waals surface area contributed by atoms with E-state index in [-0.39, 0.29) is 5.95 Å². The molecule has 0 aliphatic heterocycles. The van der Waals surface area contributed by atoms with Crippen molar-refractivity contribution in [1.29, 1.82) is 0 Å². The summed E-state index contributed by atoms with van der Waals surface area (Å²) >= 11 is 0. The summed E-state index contributed by atoms with van der Waals surface area (Å²) in [6.45, 7) is 0.426. The number of methoxy groups -OCH3 is 1. The van der Waals surface area contributed by atoms with Gasteiger partial charge in [0, 0.05) is 36.0 Å². The largest absolute Gasteiger partial charge is 0.438 e. The van der Waals surface area contributed by atoms with Crippen LogP contribution in [0.15, 0.2) is 97.3 Å². The lowest BCUT2D eigenvalue weighted by atomic mass is 10.1. The molecule has 0 atom stereocenters. The summed E-state index contributed by atoms with van der Waals surface area (Å²) in [5.41, 5.74) is 10.2. The first kappa shape index (κ1) is 24.8. The van der Waals surface area contributed by atoms with Crippen LogP contribution in [-0.2, 0) is 11.3 Å². The Morgan fingerprint density at radius 3 is 2.42 bits per heavy atom. The van der Waals surface area contributed by atoms with E-state index in [0.29, 0.717) is 41.0 Å². The fourth-order valence-electron chi connectivity index (χ4n) is 4.27. The van der Waals surface area contributed by atoms with Crippen molar-refractivity contribution in [2.45, 2.75) is 6.61 Å². The SMILES string of the molecule is COCc1cccc(-c2nnc(Nc3ccc(Oc4ncccc4-c4ccnc(N)n4)cc3)c3ccccc23)n1. The fraction of sp³-hybridized carbons (Fsp3) is 0.0667. The number of nitrogens with one attached hydrogen (secondary N) is 1. The van der Waals surface area contributed by atoms with Gasteiger partial charge in [0.05, 0.1) is 29.3 Å². The summed E-state index contributed by atoms with van der Waals surface area (Å²) in [6, 6.07) is 26.7. The first-order chi connectivity index (χ1) is 19.7. The van der Waals surface area contributed by atoms with Crippen molar-refractivity contribution in [3.05, 3.63) is 103 Å². The quantitative estimate of drug-likeness (QED) is 0.249. The van der Waals surface area contributed by atoms with Crippen molar-refractivity contribution in [3.63, 3.8) is 0 Å². The van der Waals surface area contributed by atoms with E-state index in [2.05, 4.69) is 30.5 Å². The molecule has 2 aromatic carbocycles. The lowest BCUT2D eigenvalue weighted by molar-refractivity contribution is 0.181. The van der Waals surface area contributed by atoms with Gasteiger partial charge in [-0.25, -0.2) is 19.9 Å². The third kappa shape index (κ3) is 5.24. The van der Waals surface area contributed by atoms with E-state index in [0.717, 1.165) is 27.8 Å². The normalized spacial score (nSPS) is 10.9. The van der Waals surface area contributed by atoms with Crippen LogP contribution < -0.4 is 15.8 Å². The third-order valence-electron chi connectivity index (χ3n) is 6.08. The van der Waals surface area contributed by atoms with Gasteiger partial charge in [0.15, 0.2) is 5.82 Å². The van der Waals surface area contributed by atoms with Crippen LogP contribution in [0.5, 0.6) is 11.6 Å². The summed E-state index contributed by atoms with van der Waals surface area (Å²) in [5, 5.41) is 14.3. The Balaban J connectivity index is 1.25. The van der Waals surface area contributed by atoms with E-state index in [1.807, 2.05) is 78.9 Å². The van der Waals surface area contributed by atoms with E-state index < -0.39 is 0 Å². The van der Waals surface area contributed by atoms with Crippen LogP contribution in [0.1, 0.15) is 5.69 Å². The second-order valence-corrected chi connectivity index (χ2v) is 8.80. The maximum atomic E-state index is 6.09. The number of anilines is 3. The molecule has 10 heteroatoms. The Bertz CT molecular complexity index is 1790. The molecule has 0 saturated heterocycles. The smallest absolute Gasteiger partial charge is 0.228 e. The van der Waals surface area contributed by atoms with Crippen LogP contribution in [0, 0.1) is 0 Å². The number of hydrogen-bond donors (Lipinski definition) is 2. The van der Waals surface area contributed by atoms with Gasteiger partial charge in [0.25, 0.3) is 0 Å². The number of ether oxygens (including phenoxy) is 2. The molecule has 6 aromatic rings. The van der Waals surface area contributed by atoms with Crippen LogP contribution in [0.25, 0.3) is 33.4 Å². The Morgan fingerprint density at radius 1 is 0.750 bits per heavy atom. The molecule has 196 valence electrons. The number of hydrogen-bond acceptors (Lipinski definition) is 10. The molecule has 0 amide bonds. The zero-order valence-electron chi connectivity index (χ0n) is 21.5. The first-order valence-corrected chi connectivity index (χ1v) is 12.5. The molecule has 0 radical (unpaired) electrons. The van der Waals surface area contributed by atoms with Crippen molar-refractivity contribution < 1.29 is 9.47 Å². The minimum Gasteiger partial charge on any atom is -0.438 e. The molecule has 10 nitrogen and oxygen atoms in total. The van der Waals surface area contributed by atoms with Crippen molar-refractivity contribution in [1.82, 2.24) is 30.1 Å². The van der Waals surface area contributed by atoms with Gasteiger partial charge in [0.1, 0.15) is 11.4 Å². The molecule has 3 N–H and O–H groups in total. The summed E-state index contributed by atoms with van der Waals surface area (Å²) in [4.78, 5) is 17.3. The fourth-order valence-corrected chi connectivity index (χ4v) is 4.27. The lowest BCUT2D eigenvalue weighted by Crippen LogP contribution is -2.01. The molecule has 0 aliphatic carbocycles. The topological polar surface area (TPSA) is 134 Å². The average molecular weight is 529 g/mol. The number of nitrogens with zero attached hydrogens (tertiary/aromatic N) is 6. The molecule has 0 unspecified atom stereocenters. The van der Waals surface area contributed by atoms with Gasteiger partial charge in [-0.1, -0.05) is 30.3 Å². The molecule has 0 aliphatic rings. The zero-order chi connectivity index (χ0) is 27.3. The minimum atomic E-state index is 0.183. The van der Waals surface area contributed by atoms with E-state index in [4.69, 9.17) is 20.2 Å². The molecule has 4 heterocycles. The zero-order valence-corrected chi connectivity index (χ0v) is 21.5. The van der Waals surface area contributed by atoms with Crippen molar-refractivity contribution >= 4 is 28.2 Å². The molecule has 6 rings (SSSR count). The van der Waals surface area contributed by atoms with Gasteiger partial charge in [-0.05, 0) is 54.6 Å². The van der Waals surface area contributed by atoms with Crippen LogP contribution >= 0.6 is 0 Å². The number of nitrogens with two attached hydrogens (primary N) is 1. The van der Waals surface area contributed by atoms with Crippen LogP contribution in [0.3, 0.4) is 0 Å². The standard InChI is InChI=1S/C30H24N8O2/c1-39-18-20-6-4-10-26(34-20)27-22-7-2-3-8-23(22)28(38-37-27)35-19-11-13-21(14-12-19)40-29-24(9-5-16-32-29)25-15-17-33-30(31)36-25/h2-17H,18H2,1H3,(H,35,38)(H2,31,33,36). The second-order valence-electron chi connectivity index (χ2n) is 8.80. The predicted octanol–water partition coefficient (Wildman–Crippen LogP) is 5.81. The summed E-state index contributed by atoms with van der Waals surface area (Å²) < 4.78 is 11.3. The highest BCUT2D eigenvalue weighted by Gasteiger charge is 2.14. The molecule has 0 bridgehead atoms. The highest BCUT2D eigenvalue weighted by atomic mass is 16.5. The second kappa shape index (κ2) is 11.1. The van der Waals surface area contributed by atoms with Crippen molar-refractivity contribution in [3.8, 4) is 34.3 Å². The van der Waals surface area contributed by atoms with E-state index in [9.17, 15) is 0 Å². The predicted molar refractivity (Wildman–Crippen MR) is 153 cm³/mol. The molecule has 4 aromatic heterocycles. The minimum absolute atomic E-state index is 0.183. The first-order valence-electron chi connectivity index (χ1n) is 12.5. The van der Waals surface area contributed by atoms with Crippen LogP contribution in [0.4, 0.5) is 17.5 Å². The van der Waals surface area contributed by atoms with Gasteiger partial charge in [-0.2, -0.15) is 0 Å². The number of nitrogen functional groups attached to an aromatic ring is 1. The number of fused-ring (bicyclic) bond motifs is 1. The monoisotopic (exact) mass is 528 g/mol. The van der Waals surface area contributed by atoms with Gasteiger partial charge in [-0.15, -0.1) is 10.2 Å². The maximum absolute atomic E-state index is 6.09. The highest BCUT2D eigenvalue weighted by molar-refractivity contribution is 6.00. The number of pyridine rings is 2. The number of benzene rings is 2. The van der Waals surface area contributed by atoms with Gasteiger partial charge in [-0.3, -0.25) is 0 Å². The molecule has 0 saturated carbocycles. The number of aromatic nitrogens is 6. The van der Waals surface area contributed by atoms with Crippen LogP contribution in [0.2, 0.25) is 0 Å². The summed E-state index contributed by atoms with van der Waals surface area (Å²) in [5.74, 6) is 1.84. The summed E-state index contributed by atoms with van der Waals surface area (Å²) in [6.07, 6.45) is 3.26. The molecule has 0 fully saturated rings. The Hall–Kier alpha value is -5.48. The van der Waals surface area contributed by atoms with Gasteiger partial charge < -0.3 is 20.5 Å². The van der Waals surface area contributed by atoms with Crippen molar-refractivity contribution in [2.75, 3.05) is 18.2 Å². The molecular weight excluding hydrogens is 504 g/mol. The highest BCUT2D eigenvalue weighted by Crippen LogP contribution is 2.33. The molecule has 40 heavy (non-hydrogen) atoms. The van der Waals surface area contributed by atoms with Gasteiger partial charge >= 0.3 is 0 Å². The average Bonchev–Trinajstić information content (AvgIpc) is 2.99. The van der Waals surface area contributed by atoms with E-state index in [1.54, 1.807) is 25.6 Å². The lowest BCUT2D eigenvalue weighted by Gasteiger charge is -2.12. The van der Waals surface area contributed by atoms with Crippen molar-refractivity contribution in [2.24, 2.45) is 0 Å². The Kier molecular flexibility index (Phi) is 6.89.